The van der Waals surface area contributed by atoms with Crippen LogP contribution < -0.4 is 4.90 Å². The summed E-state index contributed by atoms with van der Waals surface area (Å²) in [7, 11) is 0. The number of benzene rings is 1. The average molecular weight is 298 g/mol. The van der Waals surface area contributed by atoms with Crippen molar-refractivity contribution in [2.24, 2.45) is 0 Å². The minimum atomic E-state index is -0.0805. The Labute approximate surface area is 126 Å². The van der Waals surface area contributed by atoms with Gasteiger partial charge in [0.05, 0.1) is 10.6 Å². The Morgan fingerprint density at radius 2 is 1.80 bits per heavy atom. The highest BCUT2D eigenvalue weighted by molar-refractivity contribution is 8.27. The fourth-order valence-corrected chi connectivity index (χ4v) is 3.18. The van der Waals surface area contributed by atoms with Crippen molar-refractivity contribution >= 4 is 46.0 Å². The molecule has 1 aromatic heterocycles. The van der Waals surface area contributed by atoms with Crippen molar-refractivity contribution in [3.05, 3.63) is 65.3 Å². The number of carbonyl (C=O) groups is 1. The monoisotopic (exact) mass is 298 g/mol. The van der Waals surface area contributed by atoms with Crippen LogP contribution in [-0.4, -0.2) is 15.2 Å². The van der Waals surface area contributed by atoms with Crippen molar-refractivity contribution in [2.75, 3.05) is 4.90 Å². The molecule has 0 aliphatic carbocycles. The van der Waals surface area contributed by atoms with Crippen molar-refractivity contribution < 1.29 is 4.79 Å². The van der Waals surface area contributed by atoms with Gasteiger partial charge in [-0.25, -0.2) is 0 Å². The highest BCUT2D eigenvalue weighted by Gasteiger charge is 2.32. The molecule has 3 nitrogen and oxygen atoms in total. The first-order valence-corrected chi connectivity index (χ1v) is 7.21. The van der Waals surface area contributed by atoms with E-state index >= 15 is 0 Å². The molecular weight excluding hydrogens is 288 g/mol. The van der Waals surface area contributed by atoms with Crippen LogP contribution in [0.2, 0.25) is 0 Å². The molecule has 0 atom stereocenters. The van der Waals surface area contributed by atoms with Gasteiger partial charge in [0.15, 0.2) is 4.32 Å². The van der Waals surface area contributed by atoms with Crippen LogP contribution in [0.25, 0.3) is 6.08 Å². The van der Waals surface area contributed by atoms with Crippen molar-refractivity contribution in [3.63, 3.8) is 0 Å². The fraction of sp³-hybridized carbons (Fsp3) is 0. The van der Waals surface area contributed by atoms with Gasteiger partial charge >= 0.3 is 0 Å². The van der Waals surface area contributed by atoms with Crippen LogP contribution in [0.5, 0.6) is 0 Å². The standard InChI is InChI=1S/C15H10N2OS2/c18-14-13(10-11-6-8-16-9-7-11)20-15(19)17(14)12-4-2-1-3-5-12/h1-10H/b13-10+. The minimum absolute atomic E-state index is 0.0805. The van der Waals surface area contributed by atoms with E-state index in [-0.39, 0.29) is 5.91 Å². The molecule has 1 saturated heterocycles. The van der Waals surface area contributed by atoms with Gasteiger partial charge in [-0.2, -0.15) is 0 Å². The Balaban J connectivity index is 1.93. The predicted octanol–water partition coefficient (Wildman–Crippen LogP) is 3.49. The van der Waals surface area contributed by atoms with Gasteiger partial charge in [0.25, 0.3) is 5.91 Å². The van der Waals surface area contributed by atoms with Crippen molar-refractivity contribution in [1.82, 2.24) is 4.98 Å². The molecule has 20 heavy (non-hydrogen) atoms. The molecule has 2 aromatic rings. The first-order chi connectivity index (χ1) is 9.75. The third-order valence-electron chi connectivity index (χ3n) is 2.81. The molecule has 0 saturated carbocycles. The van der Waals surface area contributed by atoms with E-state index in [2.05, 4.69) is 4.98 Å². The quantitative estimate of drug-likeness (QED) is 0.628. The summed E-state index contributed by atoms with van der Waals surface area (Å²) in [5.74, 6) is -0.0805. The highest BCUT2D eigenvalue weighted by atomic mass is 32.2. The largest absolute Gasteiger partial charge is 0.270 e. The SMILES string of the molecule is O=C1/C(=C\c2ccncc2)SC(=S)N1c1ccccc1. The molecule has 1 aromatic carbocycles. The number of amides is 1. The molecule has 0 spiro atoms. The Hall–Kier alpha value is -1.98. The van der Waals surface area contributed by atoms with Gasteiger partial charge in [-0.3, -0.25) is 14.7 Å². The third kappa shape index (κ3) is 2.50. The van der Waals surface area contributed by atoms with E-state index in [4.69, 9.17) is 12.2 Å². The van der Waals surface area contributed by atoms with Crippen LogP contribution in [0.1, 0.15) is 5.56 Å². The molecule has 1 fully saturated rings. The van der Waals surface area contributed by atoms with Crippen LogP contribution in [-0.2, 0) is 4.79 Å². The number of pyridine rings is 1. The number of thioether (sulfide) groups is 1. The Bertz CT molecular complexity index is 684. The van der Waals surface area contributed by atoms with E-state index in [9.17, 15) is 4.79 Å². The summed E-state index contributed by atoms with van der Waals surface area (Å²) in [5, 5.41) is 0. The number of carbonyl (C=O) groups excluding carboxylic acids is 1. The molecule has 1 aliphatic heterocycles. The minimum Gasteiger partial charge on any atom is -0.268 e. The average Bonchev–Trinajstić information content (AvgIpc) is 2.75. The van der Waals surface area contributed by atoms with E-state index in [0.29, 0.717) is 9.23 Å². The van der Waals surface area contributed by atoms with E-state index < -0.39 is 0 Å². The highest BCUT2D eigenvalue weighted by Crippen LogP contribution is 2.35. The summed E-state index contributed by atoms with van der Waals surface area (Å²) in [6, 6.07) is 13.2. The van der Waals surface area contributed by atoms with Gasteiger partial charge in [0.1, 0.15) is 0 Å². The molecule has 0 radical (unpaired) electrons. The number of hydrogen-bond donors (Lipinski definition) is 0. The van der Waals surface area contributed by atoms with Gasteiger partial charge < -0.3 is 0 Å². The Kier molecular flexibility index (Phi) is 3.62. The van der Waals surface area contributed by atoms with E-state index in [1.165, 1.54) is 11.8 Å². The first-order valence-electron chi connectivity index (χ1n) is 5.99. The second kappa shape index (κ2) is 5.56. The molecule has 0 N–H and O–H groups in total. The third-order valence-corrected chi connectivity index (χ3v) is 4.11. The van der Waals surface area contributed by atoms with Crippen molar-refractivity contribution in [1.29, 1.82) is 0 Å². The lowest BCUT2D eigenvalue weighted by atomic mass is 10.2. The van der Waals surface area contributed by atoms with Gasteiger partial charge in [-0.15, -0.1) is 0 Å². The molecular formula is C15H10N2OS2. The van der Waals surface area contributed by atoms with Gasteiger partial charge in [-0.1, -0.05) is 42.2 Å². The zero-order valence-electron chi connectivity index (χ0n) is 10.4. The van der Waals surface area contributed by atoms with Crippen LogP contribution in [0.15, 0.2) is 59.8 Å². The summed E-state index contributed by atoms with van der Waals surface area (Å²) < 4.78 is 0.557. The Morgan fingerprint density at radius 3 is 2.50 bits per heavy atom. The van der Waals surface area contributed by atoms with Crippen LogP contribution in [0.4, 0.5) is 5.69 Å². The number of rotatable bonds is 2. The molecule has 1 amide bonds. The predicted molar refractivity (Wildman–Crippen MR) is 86.3 cm³/mol. The summed E-state index contributed by atoms with van der Waals surface area (Å²) in [6.45, 7) is 0. The molecule has 0 unspecified atom stereocenters. The van der Waals surface area contributed by atoms with Crippen LogP contribution in [0, 0.1) is 0 Å². The van der Waals surface area contributed by atoms with Crippen molar-refractivity contribution in [2.45, 2.75) is 0 Å². The topological polar surface area (TPSA) is 33.2 Å². The zero-order chi connectivity index (χ0) is 13.9. The zero-order valence-corrected chi connectivity index (χ0v) is 12.0. The lowest BCUT2D eigenvalue weighted by Gasteiger charge is -2.13. The van der Waals surface area contributed by atoms with Crippen LogP contribution >= 0.6 is 24.0 Å². The molecule has 1 aliphatic rings. The molecule has 98 valence electrons. The normalized spacial score (nSPS) is 17.0. The van der Waals surface area contributed by atoms with Gasteiger partial charge in [0.2, 0.25) is 0 Å². The number of nitrogens with zero attached hydrogens (tertiary/aromatic N) is 2. The lowest BCUT2D eigenvalue weighted by molar-refractivity contribution is -0.113. The summed E-state index contributed by atoms with van der Waals surface area (Å²) in [6.07, 6.45) is 5.23. The molecule has 2 heterocycles. The number of thiocarbonyl (C=S) groups is 1. The summed E-state index contributed by atoms with van der Waals surface area (Å²) >= 11 is 6.63. The summed E-state index contributed by atoms with van der Waals surface area (Å²) in [4.78, 5) is 18.6. The first kappa shape index (κ1) is 13.0. The number of aromatic nitrogens is 1. The van der Waals surface area contributed by atoms with Crippen LogP contribution in [0.3, 0.4) is 0 Å². The lowest BCUT2D eigenvalue weighted by Crippen LogP contribution is -2.27. The second-order valence-electron chi connectivity index (χ2n) is 4.13. The number of hydrogen-bond acceptors (Lipinski definition) is 4. The molecule has 3 rings (SSSR count). The van der Waals surface area contributed by atoms with Gasteiger partial charge in [-0.05, 0) is 35.9 Å². The summed E-state index contributed by atoms with van der Waals surface area (Å²) in [5.41, 5.74) is 1.74. The molecule has 5 heteroatoms. The van der Waals surface area contributed by atoms with E-state index in [1.54, 1.807) is 17.3 Å². The van der Waals surface area contributed by atoms with E-state index in [1.807, 2.05) is 48.5 Å². The van der Waals surface area contributed by atoms with E-state index in [0.717, 1.165) is 11.3 Å². The number of para-hydroxylation sites is 1. The maximum atomic E-state index is 12.5. The Morgan fingerprint density at radius 1 is 1.10 bits per heavy atom. The van der Waals surface area contributed by atoms with Gasteiger partial charge in [0, 0.05) is 12.4 Å². The second-order valence-corrected chi connectivity index (χ2v) is 5.81. The number of anilines is 1. The maximum Gasteiger partial charge on any atom is 0.270 e. The fourth-order valence-electron chi connectivity index (χ4n) is 1.88. The molecule has 0 bridgehead atoms. The smallest absolute Gasteiger partial charge is 0.268 e. The maximum absolute atomic E-state index is 12.5. The van der Waals surface area contributed by atoms with Crippen molar-refractivity contribution in [3.8, 4) is 0 Å².